The van der Waals surface area contributed by atoms with Crippen molar-refractivity contribution in [2.24, 2.45) is 0 Å². The molecule has 0 bridgehead atoms. The molecule has 1 unspecified atom stereocenters. The van der Waals surface area contributed by atoms with Gasteiger partial charge in [-0.05, 0) is 45.4 Å². The highest BCUT2D eigenvalue weighted by molar-refractivity contribution is 8.33. The molecule has 3 heteroatoms. The van der Waals surface area contributed by atoms with Gasteiger partial charge in [-0.25, -0.2) is 4.21 Å². The number of fused-ring (bicyclic) bond motifs is 1. The fourth-order valence-corrected chi connectivity index (χ4v) is 4.49. The lowest BCUT2D eigenvalue weighted by Crippen LogP contribution is -1.88. The van der Waals surface area contributed by atoms with Gasteiger partial charge in [0, 0.05) is 4.90 Å². The summed E-state index contributed by atoms with van der Waals surface area (Å²) < 4.78 is 10.9. The van der Waals surface area contributed by atoms with E-state index in [1.165, 1.54) is 21.6 Å². The molecule has 1 aliphatic rings. The van der Waals surface area contributed by atoms with Crippen molar-refractivity contribution < 1.29 is 4.21 Å². The minimum atomic E-state index is -0.252. The minimum absolute atomic E-state index is 0.252. The fraction of sp³-hybridized carbons (Fsp3) is 0.200. The van der Waals surface area contributed by atoms with Crippen molar-refractivity contribution in [3.63, 3.8) is 0 Å². The van der Waals surface area contributed by atoms with Gasteiger partial charge in [0.1, 0.15) is 10.2 Å². The second kappa shape index (κ2) is 3.24. The second-order valence-electron chi connectivity index (χ2n) is 3.12. The van der Waals surface area contributed by atoms with Crippen LogP contribution in [0.1, 0.15) is 18.1 Å². The molecule has 2 rings (SSSR count). The van der Waals surface area contributed by atoms with E-state index in [4.69, 9.17) is 0 Å². The van der Waals surface area contributed by atoms with Crippen LogP contribution in [0.25, 0.3) is 5.57 Å². The van der Waals surface area contributed by atoms with Crippen LogP contribution in [0.5, 0.6) is 0 Å². The van der Waals surface area contributed by atoms with Gasteiger partial charge < -0.3 is 0 Å². The van der Waals surface area contributed by atoms with E-state index >= 15 is 0 Å². The topological polar surface area (TPSA) is 17.1 Å². The van der Waals surface area contributed by atoms with Gasteiger partial charge >= 0.3 is 0 Å². The van der Waals surface area contributed by atoms with E-state index < -0.39 is 0 Å². The van der Waals surface area contributed by atoms with E-state index in [9.17, 15) is 4.21 Å². The number of rotatable bonds is 0. The summed E-state index contributed by atoms with van der Waals surface area (Å²) >= 11 is 0. The van der Waals surface area contributed by atoms with E-state index in [2.05, 4.69) is 31.4 Å². The zero-order valence-electron chi connectivity index (χ0n) is 7.53. The normalized spacial score (nSPS) is 19.5. The first-order chi connectivity index (χ1) is 6.24. The fourth-order valence-electron chi connectivity index (χ4n) is 1.57. The molecule has 0 amide bonds. The summed E-state index contributed by atoms with van der Waals surface area (Å²) in [5.74, 6) is 0. The van der Waals surface area contributed by atoms with Crippen LogP contribution >= 0.6 is 0 Å². The van der Waals surface area contributed by atoms with Gasteiger partial charge in [-0.15, -0.1) is 0 Å². The summed E-state index contributed by atoms with van der Waals surface area (Å²) in [4.78, 5) is 1.24. The van der Waals surface area contributed by atoms with Gasteiger partial charge in [0.05, 0.1) is 0 Å². The molecule has 0 radical (unpaired) electrons. The monoisotopic (exact) mass is 210 g/mol. The quantitative estimate of drug-likeness (QED) is 0.643. The third kappa shape index (κ3) is 1.32. The molecule has 0 N–H and O–H groups in total. The van der Waals surface area contributed by atoms with E-state index in [1.54, 1.807) is 0 Å². The molecule has 0 saturated carbocycles. The lowest BCUT2D eigenvalue weighted by atomic mass is 10.1. The second-order valence-corrected chi connectivity index (χ2v) is 5.98. The Morgan fingerprint density at radius 1 is 1.31 bits per heavy atom. The van der Waals surface area contributed by atoms with E-state index in [0.29, 0.717) is 10.2 Å². The summed E-state index contributed by atoms with van der Waals surface area (Å²) in [5.41, 5.74) is 3.73. The largest absolute Gasteiger partial charge is 0.205 e. The van der Waals surface area contributed by atoms with E-state index in [1.807, 2.05) is 6.07 Å². The van der Waals surface area contributed by atoms with Crippen LogP contribution < -0.4 is 0 Å². The van der Waals surface area contributed by atoms with E-state index in [0.717, 1.165) is 0 Å². The SMILES string of the molecule is CC1=CS(=S=O)c2c(C)cccc21. The van der Waals surface area contributed by atoms with Crippen LogP contribution in [0.3, 0.4) is 0 Å². The Morgan fingerprint density at radius 2 is 2.08 bits per heavy atom. The highest BCUT2D eigenvalue weighted by atomic mass is 32.8. The van der Waals surface area contributed by atoms with Gasteiger partial charge in [0.15, 0.2) is 0 Å². The van der Waals surface area contributed by atoms with Crippen molar-refractivity contribution in [2.75, 3.05) is 0 Å². The maximum absolute atomic E-state index is 10.9. The summed E-state index contributed by atoms with van der Waals surface area (Å²) in [7, 11) is 0.443. The maximum Gasteiger partial charge on any atom is 0.129 e. The van der Waals surface area contributed by atoms with Crippen LogP contribution in [0, 0.1) is 6.92 Å². The zero-order chi connectivity index (χ0) is 9.42. The van der Waals surface area contributed by atoms with Gasteiger partial charge in [-0.3, -0.25) is 0 Å². The first-order valence-electron chi connectivity index (χ1n) is 4.06. The molecule has 0 aromatic heterocycles. The number of hydrogen-bond donors (Lipinski definition) is 0. The number of hydrogen-bond acceptors (Lipinski definition) is 1. The van der Waals surface area contributed by atoms with E-state index in [-0.39, 0.29) is 9.45 Å². The summed E-state index contributed by atoms with van der Waals surface area (Å²) in [6.45, 7) is 4.14. The van der Waals surface area contributed by atoms with Crippen molar-refractivity contribution in [1.29, 1.82) is 0 Å². The average Bonchev–Trinajstić information content (AvgIpc) is 2.45. The molecule has 1 aliphatic heterocycles. The van der Waals surface area contributed by atoms with Gasteiger partial charge in [-0.1, -0.05) is 18.2 Å². The molecule has 1 aromatic carbocycles. The highest BCUT2D eigenvalue weighted by Gasteiger charge is 2.16. The van der Waals surface area contributed by atoms with Crippen molar-refractivity contribution >= 4 is 25.3 Å². The zero-order valence-corrected chi connectivity index (χ0v) is 9.17. The predicted octanol–water partition coefficient (Wildman–Crippen LogP) is 2.47. The third-order valence-corrected chi connectivity index (χ3v) is 5.08. The van der Waals surface area contributed by atoms with Crippen molar-refractivity contribution in [3.8, 4) is 0 Å². The Hall–Kier alpha value is -0.670. The van der Waals surface area contributed by atoms with Crippen molar-refractivity contribution in [3.05, 3.63) is 34.7 Å². The Labute approximate surface area is 83.1 Å². The standard InChI is InChI=1S/C10H10OS2/c1-7-4-3-5-9-8(2)6-13(12-11)10(7)9/h3-6H,1-2H3. The lowest BCUT2D eigenvalue weighted by Gasteiger charge is -2.03. The van der Waals surface area contributed by atoms with Crippen molar-refractivity contribution in [2.45, 2.75) is 18.7 Å². The summed E-state index contributed by atoms with van der Waals surface area (Å²) in [6, 6.07) is 6.21. The molecule has 68 valence electrons. The first kappa shape index (κ1) is 8.91. The smallest absolute Gasteiger partial charge is 0.129 e. The van der Waals surface area contributed by atoms with Gasteiger partial charge in [-0.2, -0.15) is 0 Å². The molecular weight excluding hydrogens is 200 g/mol. The predicted molar refractivity (Wildman–Crippen MR) is 58.6 cm³/mol. The van der Waals surface area contributed by atoms with Crippen LogP contribution in [-0.2, 0) is 19.7 Å². The minimum Gasteiger partial charge on any atom is -0.205 e. The molecule has 1 aromatic rings. The Bertz CT molecular complexity index is 454. The van der Waals surface area contributed by atoms with Gasteiger partial charge in [0.25, 0.3) is 0 Å². The Balaban J connectivity index is 2.81. The van der Waals surface area contributed by atoms with Crippen molar-refractivity contribution in [1.82, 2.24) is 0 Å². The average molecular weight is 210 g/mol. The number of aryl methyl sites for hydroxylation is 1. The van der Waals surface area contributed by atoms with Crippen LogP contribution in [0.2, 0.25) is 0 Å². The third-order valence-electron chi connectivity index (χ3n) is 2.20. The summed E-state index contributed by atoms with van der Waals surface area (Å²) in [6.07, 6.45) is 0. The Kier molecular flexibility index (Phi) is 2.22. The Morgan fingerprint density at radius 3 is 2.77 bits per heavy atom. The van der Waals surface area contributed by atoms with Gasteiger partial charge in [0.2, 0.25) is 0 Å². The molecule has 0 fully saturated rings. The van der Waals surface area contributed by atoms with Crippen LogP contribution in [0.15, 0.2) is 28.5 Å². The molecular formula is C10H10OS2. The maximum atomic E-state index is 10.9. The first-order valence-corrected chi connectivity index (χ1v) is 6.60. The van der Waals surface area contributed by atoms with Crippen LogP contribution in [0.4, 0.5) is 0 Å². The molecule has 1 nitrogen and oxygen atoms in total. The highest BCUT2D eigenvalue weighted by Crippen LogP contribution is 2.32. The number of allylic oxidation sites excluding steroid dienone is 1. The molecule has 13 heavy (non-hydrogen) atoms. The molecule has 0 saturated heterocycles. The number of benzene rings is 1. The summed E-state index contributed by atoms with van der Waals surface area (Å²) in [5, 5.41) is 2.08. The molecule has 1 atom stereocenters. The molecule has 0 aliphatic carbocycles. The van der Waals surface area contributed by atoms with Crippen LogP contribution in [-0.4, -0.2) is 4.21 Å². The molecule has 0 spiro atoms. The lowest BCUT2D eigenvalue weighted by molar-refractivity contribution is 0.701. The molecule has 1 heterocycles.